The van der Waals surface area contributed by atoms with Gasteiger partial charge in [0.2, 0.25) is 0 Å². The van der Waals surface area contributed by atoms with E-state index in [2.05, 4.69) is 4.98 Å². The Labute approximate surface area is 121 Å². The summed E-state index contributed by atoms with van der Waals surface area (Å²) in [4.78, 5) is 5.97. The monoisotopic (exact) mass is 313 g/mol. The van der Waals surface area contributed by atoms with E-state index in [9.17, 15) is 13.5 Å². The molecule has 0 amide bonds. The zero-order valence-electron chi connectivity index (χ0n) is 11.0. The van der Waals surface area contributed by atoms with E-state index in [1.54, 1.807) is 4.90 Å². The van der Waals surface area contributed by atoms with Gasteiger partial charge in [0.05, 0.1) is 23.6 Å². The molecule has 0 unspecified atom stereocenters. The van der Waals surface area contributed by atoms with Gasteiger partial charge in [-0.05, 0) is 13.3 Å². The van der Waals surface area contributed by atoms with Gasteiger partial charge in [-0.25, -0.2) is 13.4 Å². The summed E-state index contributed by atoms with van der Waals surface area (Å²) in [6.07, 6.45) is 0.516. The van der Waals surface area contributed by atoms with Crippen LogP contribution in [0.15, 0.2) is 11.1 Å². The van der Waals surface area contributed by atoms with E-state index in [4.69, 9.17) is 5.41 Å². The fourth-order valence-corrected chi connectivity index (χ4v) is 5.22. The van der Waals surface area contributed by atoms with Crippen molar-refractivity contribution in [2.75, 3.05) is 18.1 Å². The second kappa shape index (κ2) is 4.56. The molecule has 1 atom stereocenters. The van der Waals surface area contributed by atoms with Crippen molar-refractivity contribution in [3.05, 3.63) is 21.8 Å². The van der Waals surface area contributed by atoms with Crippen LogP contribution in [-0.4, -0.2) is 53.3 Å². The van der Waals surface area contributed by atoms with Crippen LogP contribution in [0.1, 0.15) is 17.1 Å². The summed E-state index contributed by atoms with van der Waals surface area (Å²) < 4.78 is 23.1. The van der Waals surface area contributed by atoms with Crippen molar-refractivity contribution in [1.29, 1.82) is 5.41 Å². The molecule has 0 saturated carbocycles. The van der Waals surface area contributed by atoms with Gasteiger partial charge in [0.15, 0.2) is 9.84 Å². The first kappa shape index (κ1) is 13.6. The molecule has 6 nitrogen and oxygen atoms in total. The fraction of sp³-hybridized carbons (Fsp3) is 0.500. The quantitative estimate of drug-likeness (QED) is 0.855. The van der Waals surface area contributed by atoms with E-state index in [0.717, 1.165) is 5.69 Å². The van der Waals surface area contributed by atoms with E-state index < -0.39 is 9.84 Å². The molecule has 1 fully saturated rings. The first-order valence-electron chi connectivity index (χ1n) is 6.28. The molecular formula is C12H15N3O3S2. The smallest absolute Gasteiger partial charge is 0.152 e. The van der Waals surface area contributed by atoms with E-state index in [0.29, 0.717) is 17.0 Å². The predicted molar refractivity (Wildman–Crippen MR) is 77.9 cm³/mol. The number of aliphatic hydroxyl groups excluding tert-OH is 1. The number of hydrogen-bond donors (Lipinski definition) is 2. The number of nitrogens with one attached hydrogen (secondary N) is 1. The summed E-state index contributed by atoms with van der Waals surface area (Å²) in [5.41, 5.74) is 1.28. The number of sulfone groups is 1. The standard InChI is InChI=1S/C12H15N3O3S2/c1-7-5-19-12(14-7)10-9(16)4-15(11(10)13)8-2-3-20(17,18)6-8/h5,8,13,16H,2-4,6H2,1H3/t8-/m0/s1. The van der Waals surface area contributed by atoms with E-state index in [1.807, 2.05) is 12.3 Å². The molecule has 20 heavy (non-hydrogen) atoms. The van der Waals surface area contributed by atoms with Crippen LogP contribution in [0.4, 0.5) is 0 Å². The van der Waals surface area contributed by atoms with Crippen LogP contribution >= 0.6 is 11.3 Å². The molecule has 3 heterocycles. The molecule has 108 valence electrons. The van der Waals surface area contributed by atoms with Crippen LogP contribution in [0.2, 0.25) is 0 Å². The maximum atomic E-state index is 11.6. The van der Waals surface area contributed by atoms with Crippen LogP contribution < -0.4 is 0 Å². The average molecular weight is 313 g/mol. The second-order valence-electron chi connectivity index (χ2n) is 5.15. The first-order valence-corrected chi connectivity index (χ1v) is 8.98. The molecule has 0 bridgehead atoms. The van der Waals surface area contributed by atoms with Gasteiger partial charge in [0.25, 0.3) is 0 Å². The molecule has 1 saturated heterocycles. The number of hydrogen-bond acceptors (Lipinski definition) is 6. The predicted octanol–water partition coefficient (Wildman–Crippen LogP) is 1.20. The average Bonchev–Trinajstić information content (AvgIpc) is 2.99. The van der Waals surface area contributed by atoms with Crippen molar-refractivity contribution in [3.63, 3.8) is 0 Å². The van der Waals surface area contributed by atoms with Crippen molar-refractivity contribution in [2.24, 2.45) is 0 Å². The normalized spacial score (nSPS) is 25.8. The minimum atomic E-state index is -3.00. The van der Waals surface area contributed by atoms with Gasteiger partial charge >= 0.3 is 0 Å². The largest absolute Gasteiger partial charge is 0.510 e. The Balaban J connectivity index is 1.86. The van der Waals surface area contributed by atoms with Crippen LogP contribution in [0.25, 0.3) is 5.57 Å². The Morgan fingerprint density at radius 1 is 1.55 bits per heavy atom. The lowest BCUT2D eigenvalue weighted by molar-refractivity contribution is 0.309. The number of thiazole rings is 1. The van der Waals surface area contributed by atoms with Crippen LogP contribution in [-0.2, 0) is 9.84 Å². The Morgan fingerprint density at radius 2 is 2.30 bits per heavy atom. The van der Waals surface area contributed by atoms with Gasteiger partial charge in [-0.1, -0.05) is 0 Å². The Morgan fingerprint density at radius 3 is 2.85 bits per heavy atom. The van der Waals surface area contributed by atoms with Gasteiger partial charge in [-0.15, -0.1) is 11.3 Å². The van der Waals surface area contributed by atoms with Crippen molar-refractivity contribution in [2.45, 2.75) is 19.4 Å². The first-order chi connectivity index (χ1) is 9.37. The molecule has 1 aromatic rings. The van der Waals surface area contributed by atoms with Crippen molar-refractivity contribution in [1.82, 2.24) is 9.88 Å². The number of rotatable bonds is 2. The highest BCUT2D eigenvalue weighted by molar-refractivity contribution is 7.91. The molecule has 0 aromatic carbocycles. The molecule has 0 spiro atoms. The molecule has 0 aliphatic carbocycles. The molecular weight excluding hydrogens is 298 g/mol. The lowest BCUT2D eigenvalue weighted by Gasteiger charge is -2.24. The van der Waals surface area contributed by atoms with Gasteiger partial charge in [-0.3, -0.25) is 5.41 Å². The molecule has 8 heteroatoms. The Bertz CT molecular complexity index is 705. The third kappa shape index (κ3) is 2.22. The van der Waals surface area contributed by atoms with Crippen molar-refractivity contribution < 1.29 is 13.5 Å². The number of aliphatic hydroxyl groups is 1. The zero-order chi connectivity index (χ0) is 14.5. The lowest BCUT2D eigenvalue weighted by atomic mass is 10.2. The summed E-state index contributed by atoms with van der Waals surface area (Å²) in [7, 11) is -3.00. The second-order valence-corrected chi connectivity index (χ2v) is 8.24. The van der Waals surface area contributed by atoms with E-state index >= 15 is 0 Å². The molecule has 1 aromatic heterocycles. The van der Waals surface area contributed by atoms with Gasteiger partial charge in [0, 0.05) is 17.1 Å². The molecule has 2 aliphatic heterocycles. The van der Waals surface area contributed by atoms with Crippen LogP contribution in [0, 0.1) is 12.3 Å². The summed E-state index contributed by atoms with van der Waals surface area (Å²) in [6.45, 7) is 2.06. The third-order valence-electron chi connectivity index (χ3n) is 3.61. The van der Waals surface area contributed by atoms with Gasteiger partial charge in [-0.2, -0.15) is 0 Å². The lowest BCUT2D eigenvalue weighted by Crippen LogP contribution is -2.38. The minimum Gasteiger partial charge on any atom is -0.510 e. The maximum absolute atomic E-state index is 11.6. The fourth-order valence-electron chi connectivity index (χ4n) is 2.63. The molecule has 2 aliphatic rings. The van der Waals surface area contributed by atoms with E-state index in [-0.39, 0.29) is 35.7 Å². The Kier molecular flexibility index (Phi) is 3.09. The summed E-state index contributed by atoms with van der Waals surface area (Å²) in [5, 5.41) is 20.8. The van der Waals surface area contributed by atoms with Crippen molar-refractivity contribution >= 4 is 32.6 Å². The molecule has 0 radical (unpaired) electrons. The highest BCUT2D eigenvalue weighted by Crippen LogP contribution is 2.32. The van der Waals surface area contributed by atoms with Crippen LogP contribution in [0.3, 0.4) is 0 Å². The number of amidine groups is 1. The number of aryl methyl sites for hydroxylation is 1. The van der Waals surface area contributed by atoms with Crippen LogP contribution in [0.5, 0.6) is 0 Å². The van der Waals surface area contributed by atoms with Gasteiger partial charge < -0.3 is 10.0 Å². The number of nitrogens with zero attached hydrogens (tertiary/aromatic N) is 2. The zero-order valence-corrected chi connectivity index (χ0v) is 12.6. The number of aromatic nitrogens is 1. The Hall–Kier alpha value is -1.41. The van der Waals surface area contributed by atoms with Gasteiger partial charge in [0.1, 0.15) is 16.6 Å². The summed E-state index contributed by atoms with van der Waals surface area (Å²) in [6, 6.07) is -0.215. The maximum Gasteiger partial charge on any atom is 0.152 e. The van der Waals surface area contributed by atoms with E-state index in [1.165, 1.54) is 11.3 Å². The molecule has 3 rings (SSSR count). The SMILES string of the molecule is Cc1csc(C2=C(O)CN([C@H]3CCS(=O)(=O)C3)C2=N)n1. The highest BCUT2D eigenvalue weighted by atomic mass is 32.2. The van der Waals surface area contributed by atoms with Crippen molar-refractivity contribution in [3.8, 4) is 0 Å². The molecule has 2 N–H and O–H groups in total. The summed E-state index contributed by atoms with van der Waals surface area (Å²) in [5.74, 6) is 0.508. The third-order valence-corrected chi connectivity index (χ3v) is 6.34. The topological polar surface area (TPSA) is 94.4 Å². The highest BCUT2D eigenvalue weighted by Gasteiger charge is 2.39. The minimum absolute atomic E-state index is 0.0623. The summed E-state index contributed by atoms with van der Waals surface area (Å²) >= 11 is 1.38.